The quantitative estimate of drug-likeness (QED) is 0.697. The van der Waals surface area contributed by atoms with Crippen molar-refractivity contribution in [2.75, 3.05) is 39.3 Å². The van der Waals surface area contributed by atoms with Gasteiger partial charge in [-0.1, -0.05) is 24.3 Å². The van der Waals surface area contributed by atoms with E-state index in [0.29, 0.717) is 18.2 Å². The summed E-state index contributed by atoms with van der Waals surface area (Å²) in [6.07, 6.45) is 0.742. The van der Waals surface area contributed by atoms with Gasteiger partial charge in [-0.05, 0) is 63.2 Å². The number of pyridine rings is 1. The molecule has 1 aromatic heterocycles. The maximum atomic E-state index is 13.1. The summed E-state index contributed by atoms with van der Waals surface area (Å²) in [5.74, 6) is -2.11. The lowest BCUT2D eigenvalue weighted by molar-refractivity contribution is -0.192. The number of benzene rings is 1. The minimum atomic E-state index is -5.08. The van der Waals surface area contributed by atoms with E-state index in [-0.39, 0.29) is 11.5 Å². The largest absolute Gasteiger partial charge is 0.490 e. The monoisotopic (exact) mass is 493 g/mol. The van der Waals surface area contributed by atoms with Crippen LogP contribution < -0.4 is 0 Å². The van der Waals surface area contributed by atoms with E-state index in [2.05, 4.69) is 9.88 Å². The van der Waals surface area contributed by atoms with Gasteiger partial charge in [-0.25, -0.2) is 9.78 Å². The van der Waals surface area contributed by atoms with Gasteiger partial charge in [0.25, 0.3) is 5.91 Å². The predicted molar refractivity (Wildman–Crippen MR) is 123 cm³/mol. The summed E-state index contributed by atoms with van der Waals surface area (Å²) in [4.78, 5) is 31.2. The molecule has 0 radical (unpaired) electrons. The third kappa shape index (κ3) is 6.29. The van der Waals surface area contributed by atoms with E-state index in [1.807, 2.05) is 41.3 Å². The average Bonchev–Trinajstić information content (AvgIpc) is 3.48. The van der Waals surface area contributed by atoms with Crippen LogP contribution in [-0.2, 0) is 9.53 Å². The Bertz CT molecular complexity index is 1060. The molecular weight excluding hydrogens is 463 g/mol. The van der Waals surface area contributed by atoms with Gasteiger partial charge in [0.15, 0.2) is 0 Å². The number of alkyl halides is 3. The van der Waals surface area contributed by atoms with Gasteiger partial charge < -0.3 is 19.6 Å². The van der Waals surface area contributed by atoms with Gasteiger partial charge in [-0.2, -0.15) is 13.2 Å². The number of carbonyl (C=O) groups is 2. The van der Waals surface area contributed by atoms with Crippen molar-refractivity contribution in [3.8, 4) is 0 Å². The molecule has 3 fully saturated rings. The van der Waals surface area contributed by atoms with E-state index in [1.165, 1.54) is 25.9 Å². The van der Waals surface area contributed by atoms with Crippen LogP contribution >= 0.6 is 0 Å². The fourth-order valence-corrected chi connectivity index (χ4v) is 5.29. The van der Waals surface area contributed by atoms with E-state index in [9.17, 15) is 18.0 Å². The number of hydrogen-bond donors (Lipinski definition) is 1. The third-order valence-electron chi connectivity index (χ3n) is 6.89. The van der Waals surface area contributed by atoms with Crippen molar-refractivity contribution in [1.82, 2.24) is 14.8 Å². The van der Waals surface area contributed by atoms with Crippen molar-refractivity contribution in [2.45, 2.75) is 43.9 Å². The van der Waals surface area contributed by atoms with E-state index >= 15 is 0 Å². The third-order valence-corrected chi connectivity index (χ3v) is 6.89. The van der Waals surface area contributed by atoms with Crippen LogP contribution in [-0.4, -0.2) is 82.9 Å². The van der Waals surface area contributed by atoms with Crippen molar-refractivity contribution < 1.29 is 32.6 Å². The SMILES string of the molecule is O=C(O)C(F)(F)F.O=C(c1ccc2ccccc2n1)N1CCCC2(CC(CN3CCCC3)CO2)C1. The second kappa shape index (κ2) is 10.5. The Morgan fingerprint density at radius 2 is 1.80 bits per heavy atom. The highest BCUT2D eigenvalue weighted by Gasteiger charge is 2.45. The number of aliphatic carboxylic acids is 1. The number of carbonyl (C=O) groups excluding carboxylic acids is 1. The molecule has 190 valence electrons. The number of aromatic nitrogens is 1. The molecule has 0 saturated carbocycles. The van der Waals surface area contributed by atoms with Crippen LogP contribution in [0.2, 0.25) is 0 Å². The molecule has 1 aromatic carbocycles. The lowest BCUT2D eigenvalue weighted by Crippen LogP contribution is -2.50. The molecule has 2 aromatic rings. The Balaban J connectivity index is 0.000000364. The van der Waals surface area contributed by atoms with E-state index in [0.717, 1.165) is 49.9 Å². The zero-order valence-electron chi connectivity index (χ0n) is 19.5. The number of nitrogens with zero attached hydrogens (tertiary/aromatic N) is 3. The van der Waals surface area contributed by atoms with Crippen LogP contribution in [0.5, 0.6) is 0 Å². The molecule has 35 heavy (non-hydrogen) atoms. The van der Waals surface area contributed by atoms with Gasteiger partial charge in [0, 0.05) is 18.5 Å². The Labute approximate surface area is 201 Å². The molecule has 5 rings (SSSR count). The Hall–Kier alpha value is -2.72. The smallest absolute Gasteiger partial charge is 0.475 e. The van der Waals surface area contributed by atoms with Crippen LogP contribution in [0.25, 0.3) is 10.9 Å². The summed E-state index contributed by atoms with van der Waals surface area (Å²) in [5.41, 5.74) is 1.28. The zero-order chi connectivity index (χ0) is 25.1. The molecule has 2 unspecified atom stereocenters. The summed E-state index contributed by atoms with van der Waals surface area (Å²) < 4.78 is 38.1. The van der Waals surface area contributed by atoms with Crippen molar-refractivity contribution in [1.29, 1.82) is 0 Å². The fraction of sp³-hybridized carbons (Fsp3) is 0.560. The molecule has 3 saturated heterocycles. The number of fused-ring (bicyclic) bond motifs is 1. The Morgan fingerprint density at radius 3 is 2.51 bits per heavy atom. The summed E-state index contributed by atoms with van der Waals surface area (Å²) in [7, 11) is 0. The summed E-state index contributed by atoms with van der Waals surface area (Å²) in [6.45, 7) is 5.98. The average molecular weight is 494 g/mol. The molecule has 0 bridgehead atoms. The molecule has 10 heteroatoms. The first-order chi connectivity index (χ1) is 16.7. The number of ether oxygens (including phenoxy) is 1. The van der Waals surface area contributed by atoms with Crippen molar-refractivity contribution in [3.05, 3.63) is 42.1 Å². The van der Waals surface area contributed by atoms with Gasteiger partial charge in [-0.3, -0.25) is 4.79 Å². The topological polar surface area (TPSA) is 83.0 Å². The maximum absolute atomic E-state index is 13.1. The molecule has 1 amide bonds. The van der Waals surface area contributed by atoms with Crippen LogP contribution in [0.15, 0.2) is 36.4 Å². The van der Waals surface area contributed by atoms with Crippen molar-refractivity contribution >= 4 is 22.8 Å². The number of piperidine rings is 1. The highest BCUT2D eigenvalue weighted by atomic mass is 19.4. The lowest BCUT2D eigenvalue weighted by Gasteiger charge is -2.39. The normalized spacial score (nSPS) is 25.0. The minimum absolute atomic E-state index is 0.0384. The van der Waals surface area contributed by atoms with E-state index < -0.39 is 12.1 Å². The molecule has 1 spiro atoms. The van der Waals surface area contributed by atoms with Gasteiger partial charge in [0.2, 0.25) is 0 Å². The van der Waals surface area contributed by atoms with E-state index in [4.69, 9.17) is 14.6 Å². The number of amides is 1. The summed E-state index contributed by atoms with van der Waals surface area (Å²) in [6, 6.07) is 11.8. The molecule has 0 aliphatic carbocycles. The van der Waals surface area contributed by atoms with Crippen molar-refractivity contribution in [2.24, 2.45) is 5.92 Å². The molecule has 7 nitrogen and oxygen atoms in total. The molecule has 3 aliphatic heterocycles. The highest BCUT2D eigenvalue weighted by molar-refractivity contribution is 5.95. The number of hydrogen-bond acceptors (Lipinski definition) is 5. The van der Waals surface area contributed by atoms with Crippen LogP contribution in [0.4, 0.5) is 13.2 Å². The molecule has 1 N–H and O–H groups in total. The molecule has 3 aliphatic rings. The second-order valence-corrected chi connectivity index (χ2v) is 9.59. The van der Waals surface area contributed by atoms with Gasteiger partial charge in [0.1, 0.15) is 5.69 Å². The number of likely N-dealkylation sites (tertiary alicyclic amines) is 2. The number of carboxylic acids is 1. The van der Waals surface area contributed by atoms with Crippen LogP contribution in [0.1, 0.15) is 42.6 Å². The molecule has 2 atom stereocenters. The number of rotatable bonds is 3. The zero-order valence-corrected chi connectivity index (χ0v) is 19.5. The number of para-hydroxylation sites is 1. The van der Waals surface area contributed by atoms with Gasteiger partial charge >= 0.3 is 12.1 Å². The Morgan fingerprint density at radius 1 is 1.09 bits per heavy atom. The number of carboxylic acid groups (broad SMARTS) is 1. The minimum Gasteiger partial charge on any atom is -0.475 e. The van der Waals surface area contributed by atoms with Gasteiger partial charge in [-0.15, -0.1) is 0 Å². The summed E-state index contributed by atoms with van der Waals surface area (Å²) >= 11 is 0. The summed E-state index contributed by atoms with van der Waals surface area (Å²) in [5, 5.41) is 8.19. The van der Waals surface area contributed by atoms with Crippen LogP contribution in [0.3, 0.4) is 0 Å². The Kier molecular flexibility index (Phi) is 7.61. The van der Waals surface area contributed by atoms with Crippen LogP contribution in [0, 0.1) is 5.92 Å². The molecule has 4 heterocycles. The first kappa shape index (κ1) is 25.4. The first-order valence-electron chi connectivity index (χ1n) is 12.0. The predicted octanol–water partition coefficient (Wildman–Crippen LogP) is 3.98. The maximum Gasteiger partial charge on any atom is 0.490 e. The van der Waals surface area contributed by atoms with E-state index in [1.54, 1.807) is 0 Å². The lowest BCUT2D eigenvalue weighted by atomic mass is 9.86. The number of halogens is 3. The fourth-order valence-electron chi connectivity index (χ4n) is 5.29. The highest BCUT2D eigenvalue weighted by Crippen LogP contribution is 2.38. The second-order valence-electron chi connectivity index (χ2n) is 9.59. The standard InChI is InChI=1S/C23H29N3O2.C2HF3O2/c27-22(21-9-8-19-6-1-2-7-20(19)24-21)26-13-5-10-23(17-26)14-18(16-28-23)15-25-11-3-4-12-25;3-2(4,5)1(6)7/h1-2,6-9,18H,3-5,10-17H2;(H,6,7). The first-order valence-corrected chi connectivity index (χ1v) is 12.0. The van der Waals surface area contributed by atoms with Crippen molar-refractivity contribution in [3.63, 3.8) is 0 Å². The molecular formula is C25H30F3N3O4. The van der Waals surface area contributed by atoms with Gasteiger partial charge in [0.05, 0.1) is 24.3 Å².